The van der Waals surface area contributed by atoms with E-state index < -0.39 is 26.8 Å². The molecule has 3 atom stereocenters. The highest BCUT2D eigenvalue weighted by atomic mass is 35.5. The predicted octanol–water partition coefficient (Wildman–Crippen LogP) is 2.72. The van der Waals surface area contributed by atoms with Crippen molar-refractivity contribution in [3.63, 3.8) is 0 Å². The molecular formula is C14H16ClF3N2O2S. The molecule has 2 aliphatic rings. The summed E-state index contributed by atoms with van der Waals surface area (Å²) >= 11 is 5.82. The molecule has 0 spiro atoms. The summed E-state index contributed by atoms with van der Waals surface area (Å²) in [5.41, 5.74) is 5.02. The molecule has 0 aromatic heterocycles. The van der Waals surface area contributed by atoms with E-state index in [9.17, 15) is 21.6 Å². The molecule has 128 valence electrons. The molecule has 2 fully saturated rings. The first-order valence-electron chi connectivity index (χ1n) is 7.23. The van der Waals surface area contributed by atoms with Crippen LogP contribution in [0.5, 0.6) is 0 Å². The van der Waals surface area contributed by atoms with E-state index in [1.165, 1.54) is 4.31 Å². The maximum atomic E-state index is 12.7. The van der Waals surface area contributed by atoms with Crippen LogP contribution < -0.4 is 5.73 Å². The Hall–Kier alpha value is -0.830. The molecule has 1 aliphatic heterocycles. The van der Waals surface area contributed by atoms with Gasteiger partial charge in [-0.25, -0.2) is 8.42 Å². The van der Waals surface area contributed by atoms with E-state index in [1.54, 1.807) is 0 Å². The molecule has 1 saturated heterocycles. The lowest BCUT2D eigenvalue weighted by Crippen LogP contribution is -2.33. The van der Waals surface area contributed by atoms with Gasteiger partial charge >= 0.3 is 6.18 Å². The molecule has 0 unspecified atom stereocenters. The summed E-state index contributed by atoms with van der Waals surface area (Å²) in [7, 11) is -3.92. The number of halogens is 4. The number of nitrogens with zero attached hydrogens (tertiary/aromatic N) is 1. The van der Waals surface area contributed by atoms with Crippen LogP contribution in [-0.2, 0) is 16.2 Å². The minimum Gasteiger partial charge on any atom is -0.327 e. The van der Waals surface area contributed by atoms with Crippen LogP contribution in [0, 0.1) is 11.8 Å². The Kier molecular flexibility index (Phi) is 4.15. The Labute approximate surface area is 137 Å². The zero-order chi connectivity index (χ0) is 17.0. The second-order valence-electron chi connectivity index (χ2n) is 6.13. The Morgan fingerprint density at radius 2 is 1.91 bits per heavy atom. The third-order valence-corrected chi connectivity index (χ3v) is 7.07. The van der Waals surface area contributed by atoms with Gasteiger partial charge in [-0.05, 0) is 42.9 Å². The lowest BCUT2D eigenvalue weighted by atomic mass is 9.98. The van der Waals surface area contributed by atoms with E-state index in [2.05, 4.69) is 0 Å². The monoisotopic (exact) mass is 368 g/mol. The van der Waals surface area contributed by atoms with Gasteiger partial charge in [0.15, 0.2) is 0 Å². The Bertz CT molecular complexity index is 723. The van der Waals surface area contributed by atoms with E-state index in [0.29, 0.717) is 19.2 Å². The summed E-state index contributed by atoms with van der Waals surface area (Å²) in [5.74, 6) is 0.325. The molecule has 2 N–H and O–H groups in total. The number of hydrogen-bond acceptors (Lipinski definition) is 3. The van der Waals surface area contributed by atoms with Gasteiger partial charge in [0.2, 0.25) is 10.0 Å². The number of alkyl halides is 3. The number of benzene rings is 1. The second-order valence-corrected chi connectivity index (χ2v) is 8.44. The molecular weight excluding hydrogens is 353 g/mol. The third kappa shape index (κ3) is 2.97. The van der Waals surface area contributed by atoms with Crippen molar-refractivity contribution in [1.29, 1.82) is 0 Å². The molecule has 23 heavy (non-hydrogen) atoms. The Morgan fingerprint density at radius 3 is 2.48 bits per heavy atom. The molecule has 1 heterocycles. The molecule has 0 amide bonds. The zero-order valence-electron chi connectivity index (χ0n) is 12.1. The summed E-state index contributed by atoms with van der Waals surface area (Å²) in [5, 5.41) is -0.416. The maximum Gasteiger partial charge on any atom is 0.416 e. The van der Waals surface area contributed by atoms with Crippen LogP contribution in [-0.4, -0.2) is 31.9 Å². The summed E-state index contributed by atoms with van der Waals surface area (Å²) in [4.78, 5) is -0.291. The smallest absolute Gasteiger partial charge is 0.327 e. The van der Waals surface area contributed by atoms with Crippen molar-refractivity contribution in [3.8, 4) is 0 Å². The largest absolute Gasteiger partial charge is 0.416 e. The first kappa shape index (κ1) is 17.0. The van der Waals surface area contributed by atoms with Crippen LogP contribution in [0.4, 0.5) is 13.2 Å². The van der Waals surface area contributed by atoms with Gasteiger partial charge in [-0.2, -0.15) is 17.5 Å². The molecule has 1 aromatic carbocycles. The zero-order valence-corrected chi connectivity index (χ0v) is 13.6. The first-order chi connectivity index (χ1) is 10.6. The van der Waals surface area contributed by atoms with Gasteiger partial charge in [-0.1, -0.05) is 11.6 Å². The first-order valence-corrected chi connectivity index (χ1v) is 9.05. The molecule has 0 radical (unpaired) electrons. The molecule has 4 nitrogen and oxygen atoms in total. The van der Waals surface area contributed by atoms with E-state index >= 15 is 0 Å². The molecule has 0 bridgehead atoms. The van der Waals surface area contributed by atoms with E-state index in [4.69, 9.17) is 17.3 Å². The van der Waals surface area contributed by atoms with Crippen LogP contribution in [0.1, 0.15) is 18.4 Å². The average molecular weight is 369 g/mol. The van der Waals surface area contributed by atoms with E-state index in [0.717, 1.165) is 25.0 Å². The topological polar surface area (TPSA) is 63.4 Å². The molecule has 9 heteroatoms. The van der Waals surface area contributed by atoms with Crippen molar-refractivity contribution in [2.24, 2.45) is 17.6 Å². The highest BCUT2D eigenvalue weighted by Gasteiger charge is 2.45. The van der Waals surface area contributed by atoms with E-state index in [1.807, 2.05) is 0 Å². The van der Waals surface area contributed by atoms with Crippen LogP contribution >= 0.6 is 11.6 Å². The molecule has 1 aliphatic carbocycles. The minimum atomic E-state index is -4.57. The van der Waals surface area contributed by atoms with Gasteiger partial charge in [-0.3, -0.25) is 0 Å². The minimum absolute atomic E-state index is 0.0247. The van der Waals surface area contributed by atoms with Gasteiger partial charge in [0, 0.05) is 19.1 Å². The molecule has 1 saturated carbocycles. The summed E-state index contributed by atoms with van der Waals surface area (Å²) in [6.07, 6.45) is -2.81. The van der Waals surface area contributed by atoms with Crippen molar-refractivity contribution in [1.82, 2.24) is 4.31 Å². The SMILES string of the molecule is N[C@H]1CC[C@@H]2CN(S(=O)(=O)c3ccc(C(F)(F)F)cc3Cl)C[C@@H]21. The van der Waals surface area contributed by atoms with Crippen LogP contribution in [0.15, 0.2) is 23.1 Å². The Morgan fingerprint density at radius 1 is 1.22 bits per heavy atom. The maximum absolute atomic E-state index is 12.7. The van der Waals surface area contributed by atoms with Gasteiger partial charge in [0.05, 0.1) is 10.6 Å². The van der Waals surface area contributed by atoms with Crippen molar-refractivity contribution >= 4 is 21.6 Å². The van der Waals surface area contributed by atoms with E-state index in [-0.39, 0.29) is 22.8 Å². The fourth-order valence-electron chi connectivity index (χ4n) is 3.49. The standard InChI is InChI=1S/C14H16ClF3N2O2S/c15-11-5-9(14(16,17)18)2-4-13(11)23(21,22)20-6-8-1-3-12(19)10(8)7-20/h2,4-5,8,10,12H,1,3,6-7,19H2/t8-,10+,12+/m1/s1. The van der Waals surface area contributed by atoms with Crippen molar-refractivity contribution in [2.75, 3.05) is 13.1 Å². The van der Waals surface area contributed by atoms with Crippen LogP contribution in [0.25, 0.3) is 0 Å². The summed E-state index contributed by atoms with van der Waals surface area (Å²) in [6.45, 7) is 0.642. The van der Waals surface area contributed by atoms with Crippen molar-refractivity contribution < 1.29 is 21.6 Å². The number of nitrogens with two attached hydrogens (primary N) is 1. The van der Waals surface area contributed by atoms with Crippen molar-refractivity contribution in [2.45, 2.75) is 30.0 Å². The number of fused-ring (bicyclic) bond motifs is 1. The number of sulfonamides is 1. The molecule has 3 rings (SSSR count). The Balaban J connectivity index is 1.89. The summed E-state index contributed by atoms with van der Waals surface area (Å²) in [6, 6.07) is 2.29. The normalized spacial score (nSPS) is 29.0. The van der Waals surface area contributed by atoms with Crippen LogP contribution in [0.3, 0.4) is 0 Å². The summed E-state index contributed by atoms with van der Waals surface area (Å²) < 4.78 is 64.6. The second kappa shape index (κ2) is 5.61. The van der Waals surface area contributed by atoms with Crippen molar-refractivity contribution in [3.05, 3.63) is 28.8 Å². The number of rotatable bonds is 2. The fraction of sp³-hybridized carbons (Fsp3) is 0.571. The predicted molar refractivity (Wildman–Crippen MR) is 79.4 cm³/mol. The average Bonchev–Trinajstić information content (AvgIpc) is 3.00. The van der Waals surface area contributed by atoms with Gasteiger partial charge < -0.3 is 5.73 Å². The highest BCUT2D eigenvalue weighted by Crippen LogP contribution is 2.40. The highest BCUT2D eigenvalue weighted by molar-refractivity contribution is 7.89. The lowest BCUT2D eigenvalue weighted by Gasteiger charge is -2.20. The van der Waals surface area contributed by atoms with Gasteiger partial charge in [0.1, 0.15) is 4.90 Å². The van der Waals surface area contributed by atoms with Crippen LogP contribution in [0.2, 0.25) is 5.02 Å². The molecule has 1 aromatic rings. The van der Waals surface area contributed by atoms with Gasteiger partial charge in [0.25, 0.3) is 0 Å². The fourth-order valence-corrected chi connectivity index (χ4v) is 5.54. The third-order valence-electron chi connectivity index (χ3n) is 4.76. The quantitative estimate of drug-likeness (QED) is 0.873. The lowest BCUT2D eigenvalue weighted by molar-refractivity contribution is -0.137. The number of hydrogen-bond donors (Lipinski definition) is 1. The van der Waals surface area contributed by atoms with Gasteiger partial charge in [-0.15, -0.1) is 0 Å².